The molecule has 22 heavy (non-hydrogen) atoms. The van der Waals surface area contributed by atoms with E-state index in [2.05, 4.69) is 15.2 Å². The van der Waals surface area contributed by atoms with Crippen molar-refractivity contribution in [3.05, 3.63) is 40.6 Å². The SMILES string of the molecule is CCCc1nc(S/C(=C\c2ccc(OC)cc2)C(=O)[O-])n[nH]1. The van der Waals surface area contributed by atoms with Crippen molar-refractivity contribution in [1.29, 1.82) is 0 Å². The zero-order chi connectivity index (χ0) is 15.9. The molecule has 1 aromatic heterocycles. The third-order valence-corrected chi connectivity index (χ3v) is 3.68. The molecule has 2 aromatic rings. The number of nitrogens with one attached hydrogen (secondary N) is 1. The van der Waals surface area contributed by atoms with Gasteiger partial charge in [-0.25, -0.2) is 4.98 Å². The summed E-state index contributed by atoms with van der Waals surface area (Å²) in [6.45, 7) is 2.03. The van der Waals surface area contributed by atoms with Crippen LogP contribution in [-0.4, -0.2) is 28.3 Å². The molecule has 0 radical (unpaired) electrons. The van der Waals surface area contributed by atoms with E-state index in [0.717, 1.165) is 36.0 Å². The van der Waals surface area contributed by atoms with Gasteiger partial charge in [-0.15, -0.1) is 5.10 Å². The van der Waals surface area contributed by atoms with Crippen LogP contribution in [0.2, 0.25) is 0 Å². The lowest BCUT2D eigenvalue weighted by atomic mass is 10.2. The molecular weight excluding hydrogens is 302 g/mol. The number of carbonyl (C=O) groups is 1. The van der Waals surface area contributed by atoms with Gasteiger partial charge in [0.05, 0.1) is 13.1 Å². The lowest BCUT2D eigenvalue weighted by molar-refractivity contribution is -0.297. The number of rotatable bonds is 7. The minimum atomic E-state index is -1.26. The molecule has 6 nitrogen and oxygen atoms in total. The maximum atomic E-state index is 11.3. The molecule has 1 aromatic carbocycles. The Morgan fingerprint density at radius 1 is 1.41 bits per heavy atom. The predicted octanol–water partition coefficient (Wildman–Crippen LogP) is 1.65. The summed E-state index contributed by atoms with van der Waals surface area (Å²) in [4.78, 5) is 15.6. The van der Waals surface area contributed by atoms with Crippen molar-refractivity contribution in [2.45, 2.75) is 24.9 Å². The fourth-order valence-corrected chi connectivity index (χ4v) is 2.47. The molecule has 2 rings (SSSR count). The number of aryl methyl sites for hydroxylation is 1. The summed E-state index contributed by atoms with van der Waals surface area (Å²) in [7, 11) is 1.57. The minimum absolute atomic E-state index is 0.0483. The van der Waals surface area contributed by atoms with Gasteiger partial charge in [0.1, 0.15) is 11.6 Å². The van der Waals surface area contributed by atoms with E-state index in [1.54, 1.807) is 31.4 Å². The number of carboxylic acids is 1. The van der Waals surface area contributed by atoms with Gasteiger partial charge < -0.3 is 14.6 Å². The van der Waals surface area contributed by atoms with Gasteiger partial charge in [0.25, 0.3) is 0 Å². The molecule has 0 unspecified atom stereocenters. The van der Waals surface area contributed by atoms with Gasteiger partial charge in [-0.3, -0.25) is 5.10 Å². The Kier molecular flexibility index (Phi) is 5.60. The van der Waals surface area contributed by atoms with Crippen molar-refractivity contribution in [3.63, 3.8) is 0 Å². The monoisotopic (exact) mass is 318 g/mol. The van der Waals surface area contributed by atoms with Crippen LogP contribution in [0.25, 0.3) is 6.08 Å². The van der Waals surface area contributed by atoms with Crippen LogP contribution in [0.5, 0.6) is 5.75 Å². The van der Waals surface area contributed by atoms with Crippen molar-refractivity contribution in [2.75, 3.05) is 7.11 Å². The molecule has 1 heterocycles. The standard InChI is InChI=1S/C15H17N3O3S/c1-3-4-13-16-15(18-17-13)22-12(14(19)20)9-10-5-7-11(21-2)8-6-10/h5-9H,3-4H2,1-2H3,(H,19,20)(H,16,17,18)/p-1/b12-9-. The van der Waals surface area contributed by atoms with E-state index >= 15 is 0 Å². The highest BCUT2D eigenvalue weighted by Gasteiger charge is 2.08. The molecule has 116 valence electrons. The van der Waals surface area contributed by atoms with Crippen molar-refractivity contribution >= 4 is 23.8 Å². The van der Waals surface area contributed by atoms with Crippen LogP contribution >= 0.6 is 11.8 Å². The number of benzene rings is 1. The first-order valence-electron chi connectivity index (χ1n) is 6.78. The largest absolute Gasteiger partial charge is 0.544 e. The highest BCUT2D eigenvalue weighted by molar-refractivity contribution is 8.04. The topological polar surface area (TPSA) is 90.9 Å². The number of aliphatic carboxylic acids is 1. The second kappa shape index (κ2) is 7.65. The molecule has 0 saturated carbocycles. The number of hydrogen-bond acceptors (Lipinski definition) is 6. The van der Waals surface area contributed by atoms with Gasteiger partial charge in [0, 0.05) is 11.3 Å². The van der Waals surface area contributed by atoms with Crippen molar-refractivity contribution < 1.29 is 14.6 Å². The fraction of sp³-hybridized carbons (Fsp3) is 0.267. The summed E-state index contributed by atoms with van der Waals surface area (Å²) < 4.78 is 5.06. The molecule has 0 aliphatic carbocycles. The molecule has 1 N–H and O–H groups in total. The number of nitrogens with zero attached hydrogens (tertiary/aromatic N) is 2. The van der Waals surface area contributed by atoms with Crippen LogP contribution < -0.4 is 9.84 Å². The molecule has 0 aliphatic heterocycles. The Morgan fingerprint density at radius 2 is 2.14 bits per heavy atom. The van der Waals surface area contributed by atoms with Gasteiger partial charge in [-0.1, -0.05) is 19.1 Å². The number of hydrogen-bond donors (Lipinski definition) is 1. The van der Waals surface area contributed by atoms with Crippen LogP contribution in [0.4, 0.5) is 0 Å². The molecular formula is C15H16N3O3S-. The summed E-state index contributed by atoms with van der Waals surface area (Å²) in [5.41, 5.74) is 0.733. The molecule has 0 bridgehead atoms. The van der Waals surface area contributed by atoms with E-state index in [4.69, 9.17) is 4.74 Å². The van der Waals surface area contributed by atoms with E-state index in [1.807, 2.05) is 6.92 Å². The number of carbonyl (C=O) groups excluding carboxylic acids is 1. The molecule has 0 saturated heterocycles. The fourth-order valence-electron chi connectivity index (χ4n) is 1.75. The Bertz CT molecular complexity index is 665. The maximum absolute atomic E-state index is 11.3. The number of aromatic nitrogens is 3. The molecule has 0 fully saturated rings. The quantitative estimate of drug-likeness (QED) is 0.616. The summed E-state index contributed by atoms with van der Waals surface area (Å²) in [6, 6.07) is 7.05. The highest BCUT2D eigenvalue weighted by atomic mass is 32.2. The molecule has 7 heteroatoms. The van der Waals surface area contributed by atoms with Gasteiger partial charge in [-0.05, 0) is 42.0 Å². The minimum Gasteiger partial charge on any atom is -0.544 e. The average Bonchev–Trinajstić information content (AvgIpc) is 2.95. The zero-order valence-corrected chi connectivity index (χ0v) is 13.1. The average molecular weight is 318 g/mol. The van der Waals surface area contributed by atoms with Crippen molar-refractivity contribution in [2.24, 2.45) is 0 Å². The van der Waals surface area contributed by atoms with Gasteiger partial charge >= 0.3 is 0 Å². The van der Waals surface area contributed by atoms with Crippen LogP contribution in [0.3, 0.4) is 0 Å². The van der Waals surface area contributed by atoms with Gasteiger partial charge in [0.2, 0.25) is 5.16 Å². The molecule has 0 amide bonds. The van der Waals surface area contributed by atoms with Gasteiger partial charge in [0.15, 0.2) is 0 Å². The van der Waals surface area contributed by atoms with E-state index < -0.39 is 5.97 Å². The Labute approximate surface area is 132 Å². The predicted molar refractivity (Wildman–Crippen MR) is 82.2 cm³/mol. The van der Waals surface area contributed by atoms with E-state index in [1.165, 1.54) is 6.08 Å². The van der Waals surface area contributed by atoms with Crippen LogP contribution in [0.15, 0.2) is 34.3 Å². The molecule has 0 spiro atoms. The summed E-state index contributed by atoms with van der Waals surface area (Å²) >= 11 is 0.963. The summed E-state index contributed by atoms with van der Waals surface area (Å²) in [5.74, 6) is 0.188. The van der Waals surface area contributed by atoms with Gasteiger partial charge in [-0.2, -0.15) is 0 Å². The van der Waals surface area contributed by atoms with Crippen LogP contribution in [0, 0.1) is 0 Å². The van der Waals surface area contributed by atoms with Crippen molar-refractivity contribution in [3.8, 4) is 5.75 Å². The van der Waals surface area contributed by atoms with E-state index in [-0.39, 0.29) is 4.91 Å². The summed E-state index contributed by atoms with van der Waals surface area (Å²) in [5, 5.41) is 18.4. The molecule has 0 atom stereocenters. The third kappa shape index (κ3) is 4.36. The second-order valence-corrected chi connectivity index (χ2v) is 5.50. The zero-order valence-electron chi connectivity index (χ0n) is 12.3. The first-order valence-corrected chi connectivity index (χ1v) is 7.60. The maximum Gasteiger partial charge on any atom is 0.213 e. The number of carboxylic acid groups (broad SMARTS) is 1. The lowest BCUT2D eigenvalue weighted by Gasteiger charge is -2.06. The number of ether oxygens (including phenoxy) is 1. The first-order chi connectivity index (χ1) is 10.6. The number of thioether (sulfide) groups is 1. The van der Waals surface area contributed by atoms with Crippen molar-refractivity contribution in [1.82, 2.24) is 15.2 Å². The third-order valence-electron chi connectivity index (χ3n) is 2.81. The Balaban J connectivity index is 2.17. The van der Waals surface area contributed by atoms with Crippen LogP contribution in [0.1, 0.15) is 24.7 Å². The van der Waals surface area contributed by atoms with E-state index in [9.17, 15) is 9.90 Å². The second-order valence-electron chi connectivity index (χ2n) is 4.49. The Hall–Kier alpha value is -2.28. The van der Waals surface area contributed by atoms with Crippen LogP contribution in [-0.2, 0) is 11.2 Å². The number of methoxy groups -OCH3 is 1. The normalized spacial score (nSPS) is 11.5. The molecule has 0 aliphatic rings. The highest BCUT2D eigenvalue weighted by Crippen LogP contribution is 2.25. The summed E-state index contributed by atoms with van der Waals surface area (Å²) in [6.07, 6.45) is 3.24. The number of H-pyrrole nitrogens is 1. The smallest absolute Gasteiger partial charge is 0.213 e. The first kappa shape index (κ1) is 16.1. The lowest BCUT2D eigenvalue weighted by Crippen LogP contribution is -2.23. The number of aromatic amines is 1. The Morgan fingerprint density at radius 3 is 2.73 bits per heavy atom. The van der Waals surface area contributed by atoms with E-state index in [0.29, 0.717) is 10.9 Å².